The summed E-state index contributed by atoms with van der Waals surface area (Å²) in [5.74, 6) is 1.51. The van der Waals surface area contributed by atoms with Crippen molar-refractivity contribution in [1.82, 2.24) is 4.72 Å². The van der Waals surface area contributed by atoms with E-state index >= 15 is 0 Å². The van der Waals surface area contributed by atoms with Gasteiger partial charge in [-0.05, 0) is 49.2 Å². The van der Waals surface area contributed by atoms with E-state index in [2.05, 4.69) is 4.72 Å². The summed E-state index contributed by atoms with van der Waals surface area (Å²) < 4.78 is 38.5. The molecule has 0 bridgehead atoms. The molecule has 1 atom stereocenters. The quantitative estimate of drug-likeness (QED) is 0.932. The second-order valence-electron chi connectivity index (χ2n) is 5.62. The molecule has 0 fully saturated rings. The number of aryl methyl sites for hydroxylation is 1. The maximum Gasteiger partial charge on any atom is 0.240 e. The van der Waals surface area contributed by atoms with Crippen LogP contribution in [-0.4, -0.2) is 28.2 Å². The van der Waals surface area contributed by atoms with Crippen molar-refractivity contribution in [2.75, 3.05) is 13.7 Å². The predicted octanol–water partition coefficient (Wildman–Crippen LogP) is 2.29. The molecule has 1 aliphatic rings. The van der Waals surface area contributed by atoms with Crippen molar-refractivity contribution in [3.8, 4) is 11.5 Å². The highest BCUT2D eigenvalue weighted by molar-refractivity contribution is 7.89. The molecule has 1 N–H and O–H groups in total. The first kappa shape index (κ1) is 15.8. The van der Waals surface area contributed by atoms with Crippen LogP contribution in [0.2, 0.25) is 0 Å². The molecule has 0 aliphatic carbocycles. The lowest BCUT2D eigenvalue weighted by molar-refractivity contribution is 0.253. The number of nitrogens with one attached hydrogen (secondary N) is 1. The molecule has 5 nitrogen and oxygen atoms in total. The lowest BCUT2D eigenvalue weighted by Crippen LogP contribution is -2.42. The van der Waals surface area contributed by atoms with Crippen molar-refractivity contribution >= 4 is 10.0 Å². The zero-order valence-electron chi connectivity index (χ0n) is 13.1. The molecule has 0 saturated carbocycles. The lowest BCUT2D eigenvalue weighted by Gasteiger charge is -2.26. The van der Waals surface area contributed by atoms with Crippen LogP contribution in [0, 0.1) is 6.92 Å². The highest BCUT2D eigenvalue weighted by atomic mass is 32.2. The van der Waals surface area contributed by atoms with E-state index < -0.39 is 10.0 Å². The van der Waals surface area contributed by atoms with Crippen LogP contribution in [0.5, 0.6) is 11.5 Å². The molecule has 0 spiro atoms. The van der Waals surface area contributed by atoms with E-state index in [4.69, 9.17) is 9.47 Å². The van der Waals surface area contributed by atoms with Crippen molar-refractivity contribution < 1.29 is 17.9 Å². The van der Waals surface area contributed by atoms with Crippen LogP contribution in [0.3, 0.4) is 0 Å². The van der Waals surface area contributed by atoms with Crippen LogP contribution in [0.15, 0.2) is 47.4 Å². The molecule has 2 aromatic rings. The first-order valence-corrected chi connectivity index (χ1v) is 8.85. The third kappa shape index (κ3) is 3.48. The minimum absolute atomic E-state index is 0.263. The number of sulfonamides is 1. The smallest absolute Gasteiger partial charge is 0.240 e. The maximum absolute atomic E-state index is 12.5. The van der Waals surface area contributed by atoms with Gasteiger partial charge >= 0.3 is 0 Å². The van der Waals surface area contributed by atoms with Gasteiger partial charge in [0.2, 0.25) is 10.0 Å². The van der Waals surface area contributed by atoms with Gasteiger partial charge in [0, 0.05) is 0 Å². The molecule has 0 aromatic heterocycles. The zero-order valence-corrected chi connectivity index (χ0v) is 13.9. The number of rotatable bonds is 4. The topological polar surface area (TPSA) is 64.6 Å². The average Bonchev–Trinajstić information content (AvgIpc) is 2.54. The van der Waals surface area contributed by atoms with Gasteiger partial charge in [-0.15, -0.1) is 0 Å². The molecule has 1 heterocycles. The van der Waals surface area contributed by atoms with Gasteiger partial charge in [-0.3, -0.25) is 0 Å². The number of ether oxygens (including phenoxy) is 2. The number of benzene rings is 2. The highest BCUT2D eigenvalue weighted by Gasteiger charge is 2.25. The summed E-state index contributed by atoms with van der Waals surface area (Å²) in [6, 6.07) is 12.0. The van der Waals surface area contributed by atoms with Gasteiger partial charge in [-0.25, -0.2) is 13.1 Å². The zero-order chi connectivity index (χ0) is 16.4. The Labute approximate surface area is 136 Å². The summed E-state index contributed by atoms with van der Waals surface area (Å²) in [4.78, 5) is 0.263. The van der Waals surface area contributed by atoms with Crippen LogP contribution in [-0.2, 0) is 16.4 Å². The van der Waals surface area contributed by atoms with Gasteiger partial charge in [-0.1, -0.05) is 17.7 Å². The average molecular weight is 333 g/mol. The van der Waals surface area contributed by atoms with E-state index in [0.29, 0.717) is 13.0 Å². The lowest BCUT2D eigenvalue weighted by atomic mass is 10.0. The largest absolute Gasteiger partial charge is 0.497 e. The first-order valence-electron chi connectivity index (χ1n) is 7.36. The van der Waals surface area contributed by atoms with Crippen LogP contribution >= 0.6 is 0 Å². The Balaban J connectivity index is 1.77. The molecule has 0 saturated heterocycles. The predicted molar refractivity (Wildman–Crippen MR) is 87.5 cm³/mol. The van der Waals surface area contributed by atoms with Crippen LogP contribution in [0.4, 0.5) is 0 Å². The number of hydrogen-bond acceptors (Lipinski definition) is 4. The summed E-state index contributed by atoms with van der Waals surface area (Å²) in [5.41, 5.74) is 1.96. The van der Waals surface area contributed by atoms with Crippen molar-refractivity contribution in [2.24, 2.45) is 0 Å². The molecule has 1 aliphatic heterocycles. The molecule has 23 heavy (non-hydrogen) atoms. The van der Waals surface area contributed by atoms with E-state index in [1.165, 1.54) is 0 Å². The standard InChI is InChI=1S/C17H19NO4S/c1-12-3-6-16(7-4-12)23(19,20)18-14-9-13-10-15(21-2)5-8-17(13)22-11-14/h3-8,10,14,18H,9,11H2,1-2H3/t14-/m0/s1. The summed E-state index contributed by atoms with van der Waals surface area (Å²) in [5, 5.41) is 0. The molecule has 6 heteroatoms. The second kappa shape index (κ2) is 6.22. The fourth-order valence-corrected chi connectivity index (χ4v) is 3.80. The van der Waals surface area contributed by atoms with Gasteiger partial charge in [0.15, 0.2) is 0 Å². The summed E-state index contributed by atoms with van der Waals surface area (Å²) in [7, 11) is -1.96. The van der Waals surface area contributed by atoms with Crippen molar-refractivity contribution in [3.63, 3.8) is 0 Å². The fourth-order valence-electron chi connectivity index (χ4n) is 2.58. The van der Waals surface area contributed by atoms with Gasteiger partial charge in [0.1, 0.15) is 18.1 Å². The molecule has 0 radical (unpaired) electrons. The molecule has 3 rings (SSSR count). The van der Waals surface area contributed by atoms with Crippen molar-refractivity contribution in [1.29, 1.82) is 0 Å². The summed E-state index contributed by atoms with van der Waals surface area (Å²) in [6.07, 6.45) is 0.567. The van der Waals surface area contributed by atoms with Gasteiger partial charge < -0.3 is 9.47 Å². The van der Waals surface area contributed by atoms with E-state index in [9.17, 15) is 8.42 Å². The molecule has 2 aromatic carbocycles. The van der Waals surface area contributed by atoms with Crippen LogP contribution in [0.1, 0.15) is 11.1 Å². The van der Waals surface area contributed by atoms with Crippen molar-refractivity contribution in [2.45, 2.75) is 24.3 Å². The molecular weight excluding hydrogens is 314 g/mol. The van der Waals surface area contributed by atoms with Gasteiger partial charge in [0.25, 0.3) is 0 Å². The van der Waals surface area contributed by atoms with E-state index in [1.54, 1.807) is 31.4 Å². The van der Waals surface area contributed by atoms with E-state index in [-0.39, 0.29) is 10.9 Å². The molecule has 0 amide bonds. The Kier molecular flexibility index (Phi) is 4.28. The number of fused-ring (bicyclic) bond motifs is 1. The normalized spacial score (nSPS) is 17.2. The molecular formula is C17H19NO4S. The third-order valence-corrected chi connectivity index (χ3v) is 5.36. The SMILES string of the molecule is COc1ccc2c(c1)C[C@H](NS(=O)(=O)c1ccc(C)cc1)CO2. The Morgan fingerprint density at radius 3 is 2.61 bits per heavy atom. The highest BCUT2D eigenvalue weighted by Crippen LogP contribution is 2.29. The van der Waals surface area contributed by atoms with E-state index in [1.807, 2.05) is 25.1 Å². The van der Waals surface area contributed by atoms with Gasteiger partial charge in [0.05, 0.1) is 18.0 Å². The fraction of sp³-hybridized carbons (Fsp3) is 0.294. The Morgan fingerprint density at radius 1 is 1.17 bits per heavy atom. The monoisotopic (exact) mass is 333 g/mol. The Morgan fingerprint density at radius 2 is 1.91 bits per heavy atom. The minimum Gasteiger partial charge on any atom is -0.497 e. The molecule has 0 unspecified atom stereocenters. The summed E-state index contributed by atoms with van der Waals surface area (Å²) >= 11 is 0. The molecule has 122 valence electrons. The second-order valence-corrected chi connectivity index (χ2v) is 7.33. The minimum atomic E-state index is -3.56. The Hall–Kier alpha value is -2.05. The van der Waals surface area contributed by atoms with Gasteiger partial charge in [-0.2, -0.15) is 0 Å². The maximum atomic E-state index is 12.5. The van der Waals surface area contributed by atoms with Crippen molar-refractivity contribution in [3.05, 3.63) is 53.6 Å². The van der Waals surface area contributed by atoms with Crippen LogP contribution in [0.25, 0.3) is 0 Å². The Bertz CT molecular complexity index is 800. The first-order chi connectivity index (χ1) is 11.0. The number of hydrogen-bond donors (Lipinski definition) is 1. The number of methoxy groups -OCH3 is 1. The van der Waals surface area contributed by atoms with Crippen LogP contribution < -0.4 is 14.2 Å². The summed E-state index contributed by atoms with van der Waals surface area (Å²) in [6.45, 7) is 2.23. The van der Waals surface area contributed by atoms with E-state index in [0.717, 1.165) is 22.6 Å². The third-order valence-electron chi connectivity index (χ3n) is 3.83.